The van der Waals surface area contributed by atoms with E-state index in [2.05, 4.69) is 21.2 Å². The van der Waals surface area contributed by atoms with E-state index in [9.17, 15) is 4.79 Å². The van der Waals surface area contributed by atoms with Gasteiger partial charge in [0.05, 0.1) is 6.42 Å². The molecule has 2 unspecified atom stereocenters. The van der Waals surface area contributed by atoms with E-state index >= 15 is 0 Å². The number of hydrogen-bond donors (Lipinski definition) is 1. The Morgan fingerprint density at radius 1 is 1.26 bits per heavy atom. The summed E-state index contributed by atoms with van der Waals surface area (Å²) in [6.45, 7) is 0. The van der Waals surface area contributed by atoms with Crippen LogP contribution in [0.3, 0.4) is 0 Å². The van der Waals surface area contributed by atoms with Gasteiger partial charge in [0.1, 0.15) is 0 Å². The van der Waals surface area contributed by atoms with Crippen LogP contribution < -0.4 is 5.32 Å². The van der Waals surface area contributed by atoms with Gasteiger partial charge in [0, 0.05) is 16.4 Å². The predicted octanol–water partition coefficient (Wildman–Crippen LogP) is 3.91. The molecule has 19 heavy (non-hydrogen) atoms. The summed E-state index contributed by atoms with van der Waals surface area (Å²) in [5.74, 6) is 1.18. The number of carbonyl (C=O) groups excluding carboxylic acids is 1. The van der Waals surface area contributed by atoms with Crippen molar-refractivity contribution in [2.45, 2.75) is 38.1 Å². The standard InChI is InChI=1S/C15H19BrClNO/c16-13-7-5-11(6-8-13)9-15(19)18-14-4-2-1-3-12(14)10-17/h5-8,12,14H,1-4,9-10H2,(H,18,19). The van der Waals surface area contributed by atoms with Crippen LogP contribution in [0.4, 0.5) is 0 Å². The van der Waals surface area contributed by atoms with E-state index in [0.29, 0.717) is 18.2 Å². The number of amides is 1. The second-order valence-electron chi connectivity index (χ2n) is 5.18. The zero-order valence-electron chi connectivity index (χ0n) is 10.9. The van der Waals surface area contributed by atoms with Crippen LogP contribution in [0.15, 0.2) is 28.7 Å². The Morgan fingerprint density at radius 3 is 2.63 bits per heavy atom. The topological polar surface area (TPSA) is 29.1 Å². The van der Waals surface area contributed by atoms with Crippen LogP contribution in [0, 0.1) is 5.92 Å². The monoisotopic (exact) mass is 343 g/mol. The Morgan fingerprint density at radius 2 is 1.95 bits per heavy atom. The average Bonchev–Trinajstić information content (AvgIpc) is 2.42. The van der Waals surface area contributed by atoms with Gasteiger partial charge >= 0.3 is 0 Å². The number of hydrogen-bond acceptors (Lipinski definition) is 1. The highest BCUT2D eigenvalue weighted by Crippen LogP contribution is 2.25. The summed E-state index contributed by atoms with van der Waals surface area (Å²) in [5.41, 5.74) is 1.04. The van der Waals surface area contributed by atoms with Crippen LogP contribution in [-0.4, -0.2) is 17.8 Å². The van der Waals surface area contributed by atoms with E-state index in [4.69, 9.17) is 11.6 Å². The first-order valence-electron chi connectivity index (χ1n) is 6.79. The summed E-state index contributed by atoms with van der Waals surface area (Å²) in [5, 5.41) is 3.15. The Labute approximate surface area is 128 Å². The van der Waals surface area contributed by atoms with E-state index in [1.54, 1.807) is 0 Å². The third-order valence-electron chi connectivity index (χ3n) is 3.73. The van der Waals surface area contributed by atoms with Crippen molar-refractivity contribution >= 4 is 33.4 Å². The fourth-order valence-corrected chi connectivity index (χ4v) is 3.26. The molecule has 0 aromatic heterocycles. The van der Waals surface area contributed by atoms with Gasteiger partial charge in [0.25, 0.3) is 0 Å². The van der Waals surface area contributed by atoms with Crippen molar-refractivity contribution in [2.24, 2.45) is 5.92 Å². The van der Waals surface area contributed by atoms with Gasteiger partial charge in [-0.1, -0.05) is 40.9 Å². The van der Waals surface area contributed by atoms with E-state index in [-0.39, 0.29) is 11.9 Å². The van der Waals surface area contributed by atoms with Crippen LogP contribution in [0.25, 0.3) is 0 Å². The lowest BCUT2D eigenvalue weighted by atomic mass is 9.85. The summed E-state index contributed by atoms with van der Waals surface area (Å²) in [6, 6.07) is 8.14. The Hall–Kier alpha value is -0.540. The Bertz CT molecular complexity index is 421. The van der Waals surface area contributed by atoms with Gasteiger partial charge in [0.15, 0.2) is 0 Å². The largest absolute Gasteiger partial charge is 0.353 e. The lowest BCUT2D eigenvalue weighted by Crippen LogP contribution is -2.43. The quantitative estimate of drug-likeness (QED) is 0.825. The minimum atomic E-state index is 0.101. The van der Waals surface area contributed by atoms with Crippen LogP contribution >= 0.6 is 27.5 Å². The van der Waals surface area contributed by atoms with Gasteiger partial charge in [-0.15, -0.1) is 11.6 Å². The summed E-state index contributed by atoms with van der Waals surface area (Å²) < 4.78 is 1.03. The van der Waals surface area contributed by atoms with Crippen molar-refractivity contribution in [1.82, 2.24) is 5.32 Å². The molecule has 0 aliphatic heterocycles. The van der Waals surface area contributed by atoms with Gasteiger partial charge < -0.3 is 5.32 Å². The summed E-state index contributed by atoms with van der Waals surface area (Å²) in [4.78, 5) is 12.1. The first-order chi connectivity index (χ1) is 9.19. The number of benzene rings is 1. The molecule has 1 aromatic carbocycles. The molecule has 0 radical (unpaired) electrons. The second-order valence-corrected chi connectivity index (χ2v) is 6.40. The molecule has 0 heterocycles. The summed E-state index contributed by atoms with van der Waals surface area (Å²) in [7, 11) is 0. The number of halogens is 2. The molecule has 1 N–H and O–H groups in total. The average molecular weight is 345 g/mol. The minimum absolute atomic E-state index is 0.101. The molecule has 104 valence electrons. The highest BCUT2D eigenvalue weighted by molar-refractivity contribution is 9.10. The molecule has 1 saturated carbocycles. The lowest BCUT2D eigenvalue weighted by Gasteiger charge is -2.30. The number of alkyl halides is 1. The Balaban J connectivity index is 1.88. The third-order valence-corrected chi connectivity index (χ3v) is 4.66. The normalized spacial score (nSPS) is 23.1. The maximum Gasteiger partial charge on any atom is 0.224 e. The third kappa shape index (κ3) is 4.50. The maximum absolute atomic E-state index is 12.1. The van der Waals surface area contributed by atoms with Crippen molar-refractivity contribution in [3.05, 3.63) is 34.3 Å². The summed E-state index contributed by atoms with van der Waals surface area (Å²) in [6.07, 6.45) is 5.06. The number of carbonyl (C=O) groups is 1. The first kappa shape index (κ1) is 14.9. The zero-order chi connectivity index (χ0) is 13.7. The highest BCUT2D eigenvalue weighted by atomic mass is 79.9. The first-order valence-corrected chi connectivity index (χ1v) is 8.11. The van der Waals surface area contributed by atoms with Gasteiger partial charge in [-0.2, -0.15) is 0 Å². The second kappa shape index (κ2) is 7.30. The van der Waals surface area contributed by atoms with E-state index < -0.39 is 0 Å². The number of rotatable bonds is 4. The van der Waals surface area contributed by atoms with Crippen LogP contribution in [0.1, 0.15) is 31.2 Å². The van der Waals surface area contributed by atoms with Crippen molar-refractivity contribution < 1.29 is 4.79 Å². The molecule has 1 aromatic rings. The molecule has 4 heteroatoms. The van der Waals surface area contributed by atoms with E-state index in [0.717, 1.165) is 22.9 Å². The molecule has 1 amide bonds. The van der Waals surface area contributed by atoms with Gasteiger partial charge in [-0.25, -0.2) is 0 Å². The molecule has 1 fully saturated rings. The summed E-state index contributed by atoms with van der Waals surface area (Å²) >= 11 is 9.37. The smallest absolute Gasteiger partial charge is 0.224 e. The molecule has 1 aliphatic carbocycles. The predicted molar refractivity (Wildman–Crippen MR) is 82.5 cm³/mol. The van der Waals surface area contributed by atoms with E-state index in [1.807, 2.05) is 24.3 Å². The molecule has 2 atom stereocenters. The zero-order valence-corrected chi connectivity index (χ0v) is 13.2. The lowest BCUT2D eigenvalue weighted by molar-refractivity contribution is -0.121. The van der Waals surface area contributed by atoms with Crippen LogP contribution in [0.5, 0.6) is 0 Å². The van der Waals surface area contributed by atoms with Crippen molar-refractivity contribution in [1.29, 1.82) is 0 Å². The van der Waals surface area contributed by atoms with E-state index in [1.165, 1.54) is 12.8 Å². The number of nitrogens with one attached hydrogen (secondary N) is 1. The molecule has 0 bridgehead atoms. The van der Waals surface area contributed by atoms with Crippen LogP contribution in [0.2, 0.25) is 0 Å². The molecule has 2 nitrogen and oxygen atoms in total. The molecule has 0 spiro atoms. The maximum atomic E-state index is 12.1. The highest BCUT2D eigenvalue weighted by Gasteiger charge is 2.25. The van der Waals surface area contributed by atoms with Crippen LogP contribution in [-0.2, 0) is 11.2 Å². The van der Waals surface area contributed by atoms with Gasteiger partial charge in [-0.3, -0.25) is 4.79 Å². The fourth-order valence-electron chi connectivity index (χ4n) is 2.63. The fraction of sp³-hybridized carbons (Fsp3) is 0.533. The molecular weight excluding hydrogens is 326 g/mol. The van der Waals surface area contributed by atoms with Gasteiger partial charge in [-0.05, 0) is 36.5 Å². The Kier molecular flexibility index (Phi) is 5.71. The molecule has 1 aliphatic rings. The molecule has 2 rings (SSSR count). The molecule has 0 saturated heterocycles. The van der Waals surface area contributed by atoms with Crippen molar-refractivity contribution in [2.75, 3.05) is 5.88 Å². The van der Waals surface area contributed by atoms with Crippen molar-refractivity contribution in [3.63, 3.8) is 0 Å². The van der Waals surface area contributed by atoms with Gasteiger partial charge in [0.2, 0.25) is 5.91 Å². The SMILES string of the molecule is O=C(Cc1ccc(Br)cc1)NC1CCCCC1CCl. The van der Waals surface area contributed by atoms with Crippen molar-refractivity contribution in [3.8, 4) is 0 Å². The molecular formula is C15H19BrClNO. The minimum Gasteiger partial charge on any atom is -0.353 e.